The highest BCUT2D eigenvalue weighted by molar-refractivity contribution is 5.91. The van der Waals surface area contributed by atoms with E-state index in [0.717, 1.165) is 38.8 Å². The number of carbonyl (C=O) groups is 3. The highest BCUT2D eigenvalue weighted by Gasteiger charge is 2.32. The number of carbonyl (C=O) groups excluding carboxylic acids is 3. The summed E-state index contributed by atoms with van der Waals surface area (Å²) >= 11 is 0. The van der Waals surface area contributed by atoms with E-state index in [9.17, 15) is 14.4 Å². The summed E-state index contributed by atoms with van der Waals surface area (Å²) in [5, 5.41) is 2.75. The molecule has 7 heteroatoms. The van der Waals surface area contributed by atoms with Crippen LogP contribution in [0.3, 0.4) is 0 Å². The van der Waals surface area contributed by atoms with Crippen molar-refractivity contribution in [1.29, 1.82) is 0 Å². The summed E-state index contributed by atoms with van der Waals surface area (Å²) in [5.74, 6) is -0.453. The van der Waals surface area contributed by atoms with Crippen LogP contribution in [0.25, 0.3) is 0 Å². The summed E-state index contributed by atoms with van der Waals surface area (Å²) in [7, 11) is 1.51. The summed E-state index contributed by atoms with van der Waals surface area (Å²) in [4.78, 5) is 39.4. The minimum atomic E-state index is -0.672. The van der Waals surface area contributed by atoms with Gasteiger partial charge in [0.1, 0.15) is 12.1 Å². The van der Waals surface area contributed by atoms with Gasteiger partial charge in [0, 0.05) is 20.1 Å². The molecule has 0 aromatic carbocycles. The Morgan fingerprint density at radius 1 is 1.17 bits per heavy atom. The van der Waals surface area contributed by atoms with Gasteiger partial charge in [-0.1, -0.05) is 20.3 Å². The fourth-order valence-electron chi connectivity index (χ4n) is 2.93. The van der Waals surface area contributed by atoms with Crippen molar-refractivity contribution in [2.45, 2.75) is 58.5 Å². The Bertz CT molecular complexity index is 435. The first-order valence-electron chi connectivity index (χ1n) is 8.41. The fraction of sp³-hybridized carbons (Fsp3) is 0.812. The number of amides is 4. The highest BCUT2D eigenvalue weighted by atomic mass is 16.2. The van der Waals surface area contributed by atoms with Crippen LogP contribution < -0.4 is 11.1 Å². The van der Waals surface area contributed by atoms with Crippen LogP contribution >= 0.6 is 0 Å². The quantitative estimate of drug-likeness (QED) is 0.760. The average Bonchev–Trinajstić information content (AvgIpc) is 2.54. The lowest BCUT2D eigenvalue weighted by molar-refractivity contribution is -0.138. The highest BCUT2D eigenvalue weighted by Crippen LogP contribution is 2.15. The zero-order chi connectivity index (χ0) is 17.6. The van der Waals surface area contributed by atoms with Gasteiger partial charge in [0.05, 0.1) is 0 Å². The molecule has 0 saturated carbocycles. The molecule has 0 aromatic rings. The minimum absolute atomic E-state index is 0.0511. The average molecular weight is 326 g/mol. The van der Waals surface area contributed by atoms with E-state index in [4.69, 9.17) is 5.73 Å². The molecular weight excluding hydrogens is 296 g/mol. The number of hydrogen-bond donors (Lipinski definition) is 2. The second-order valence-electron chi connectivity index (χ2n) is 6.40. The van der Waals surface area contributed by atoms with Gasteiger partial charge in [-0.2, -0.15) is 0 Å². The summed E-state index contributed by atoms with van der Waals surface area (Å²) in [5.41, 5.74) is 5.31. The van der Waals surface area contributed by atoms with Crippen molar-refractivity contribution in [3.05, 3.63) is 0 Å². The first-order valence-corrected chi connectivity index (χ1v) is 8.41. The van der Waals surface area contributed by atoms with Gasteiger partial charge in [0.2, 0.25) is 11.8 Å². The molecule has 4 amide bonds. The number of piperidine rings is 1. The van der Waals surface area contributed by atoms with Gasteiger partial charge < -0.3 is 20.9 Å². The normalized spacial score (nSPS) is 18.7. The number of likely N-dealkylation sites (N-methyl/N-ethyl adjacent to an activating group) is 1. The summed E-state index contributed by atoms with van der Waals surface area (Å²) in [6, 6.07) is -1.93. The van der Waals surface area contributed by atoms with E-state index < -0.39 is 18.1 Å². The number of nitrogens with one attached hydrogen (secondary N) is 1. The molecule has 1 aliphatic heterocycles. The molecule has 3 N–H and O–H groups in total. The molecule has 0 spiro atoms. The Morgan fingerprint density at radius 3 is 2.22 bits per heavy atom. The largest absolute Gasteiger partial charge is 0.351 e. The maximum absolute atomic E-state index is 12.6. The smallest absolute Gasteiger partial charge is 0.315 e. The molecule has 23 heavy (non-hydrogen) atoms. The molecule has 132 valence electrons. The first kappa shape index (κ1) is 19.3. The lowest BCUT2D eigenvalue weighted by atomic mass is 9.97. The van der Waals surface area contributed by atoms with Crippen molar-refractivity contribution in [3.8, 4) is 0 Å². The van der Waals surface area contributed by atoms with Gasteiger partial charge in [-0.25, -0.2) is 4.79 Å². The number of hydrogen-bond acceptors (Lipinski definition) is 3. The third-order valence-corrected chi connectivity index (χ3v) is 4.61. The van der Waals surface area contributed by atoms with Gasteiger partial charge in [0.15, 0.2) is 0 Å². The van der Waals surface area contributed by atoms with Crippen molar-refractivity contribution < 1.29 is 14.4 Å². The molecule has 1 heterocycles. The van der Waals surface area contributed by atoms with Crippen LogP contribution in [-0.2, 0) is 9.59 Å². The number of urea groups is 1. The Hall–Kier alpha value is -1.79. The number of nitrogens with zero attached hydrogens (tertiary/aromatic N) is 2. The van der Waals surface area contributed by atoms with E-state index in [-0.39, 0.29) is 17.7 Å². The van der Waals surface area contributed by atoms with Crippen molar-refractivity contribution >= 4 is 17.8 Å². The monoisotopic (exact) mass is 326 g/mol. The van der Waals surface area contributed by atoms with Crippen LogP contribution in [0.2, 0.25) is 0 Å². The zero-order valence-electron chi connectivity index (χ0n) is 14.7. The lowest BCUT2D eigenvalue weighted by Gasteiger charge is -2.33. The van der Waals surface area contributed by atoms with Gasteiger partial charge in [-0.15, -0.1) is 0 Å². The summed E-state index contributed by atoms with van der Waals surface area (Å²) in [6.45, 7) is 7.01. The maximum atomic E-state index is 12.6. The topological polar surface area (TPSA) is 95.7 Å². The van der Waals surface area contributed by atoms with Gasteiger partial charge in [-0.3, -0.25) is 9.59 Å². The van der Waals surface area contributed by atoms with Crippen LogP contribution in [0.5, 0.6) is 0 Å². The second-order valence-corrected chi connectivity index (χ2v) is 6.40. The van der Waals surface area contributed by atoms with Gasteiger partial charge in [0.25, 0.3) is 0 Å². The molecule has 3 atom stereocenters. The SMILES string of the molecule is CC[C@H](C)[C@@H](C(=O)NC(C)C(=O)N1CCCCC1)N(C)C(N)=O. The molecule has 1 aliphatic rings. The van der Waals surface area contributed by atoms with E-state index in [1.54, 1.807) is 11.8 Å². The van der Waals surface area contributed by atoms with Crippen LogP contribution in [0.1, 0.15) is 46.5 Å². The van der Waals surface area contributed by atoms with E-state index in [2.05, 4.69) is 5.32 Å². The molecule has 1 unspecified atom stereocenters. The molecule has 7 nitrogen and oxygen atoms in total. The van der Waals surface area contributed by atoms with Gasteiger partial charge in [-0.05, 0) is 32.1 Å². The minimum Gasteiger partial charge on any atom is -0.351 e. The predicted molar refractivity (Wildman–Crippen MR) is 88.6 cm³/mol. The van der Waals surface area contributed by atoms with E-state index >= 15 is 0 Å². The molecule has 0 aromatic heterocycles. The first-order chi connectivity index (χ1) is 10.8. The van der Waals surface area contributed by atoms with Crippen molar-refractivity contribution in [1.82, 2.24) is 15.1 Å². The van der Waals surface area contributed by atoms with Crippen LogP contribution in [0.15, 0.2) is 0 Å². The van der Waals surface area contributed by atoms with E-state index in [1.165, 1.54) is 11.9 Å². The third-order valence-electron chi connectivity index (χ3n) is 4.61. The Kier molecular flexibility index (Phi) is 7.32. The molecule has 0 aliphatic carbocycles. The molecule has 1 rings (SSSR count). The third kappa shape index (κ3) is 5.11. The van der Waals surface area contributed by atoms with E-state index in [0.29, 0.717) is 0 Å². The lowest BCUT2D eigenvalue weighted by Crippen LogP contribution is -2.56. The molecule has 0 radical (unpaired) electrons. The predicted octanol–water partition coefficient (Wildman–Crippen LogP) is 0.929. The Balaban J connectivity index is 2.72. The summed E-state index contributed by atoms with van der Waals surface area (Å²) < 4.78 is 0. The second kappa shape index (κ2) is 8.74. The van der Waals surface area contributed by atoms with Crippen LogP contribution in [0, 0.1) is 5.92 Å². The van der Waals surface area contributed by atoms with E-state index in [1.807, 2.05) is 13.8 Å². The number of rotatable bonds is 6. The van der Waals surface area contributed by atoms with Crippen molar-refractivity contribution in [3.63, 3.8) is 0 Å². The Morgan fingerprint density at radius 2 is 1.74 bits per heavy atom. The molecular formula is C16H30N4O3. The fourth-order valence-corrected chi connectivity index (χ4v) is 2.93. The number of likely N-dealkylation sites (tertiary alicyclic amines) is 1. The Labute approximate surface area is 138 Å². The standard InChI is InChI=1S/C16H30N4O3/c1-5-11(2)13(19(4)16(17)23)14(21)18-12(3)15(22)20-9-7-6-8-10-20/h11-13H,5-10H2,1-4H3,(H2,17,23)(H,18,21)/t11-,12?,13-/m0/s1. The van der Waals surface area contributed by atoms with Crippen LogP contribution in [-0.4, -0.2) is 59.9 Å². The maximum Gasteiger partial charge on any atom is 0.315 e. The number of primary amides is 1. The number of nitrogens with two attached hydrogens (primary N) is 1. The van der Waals surface area contributed by atoms with Gasteiger partial charge >= 0.3 is 6.03 Å². The van der Waals surface area contributed by atoms with Crippen molar-refractivity contribution in [2.75, 3.05) is 20.1 Å². The van der Waals surface area contributed by atoms with Crippen molar-refractivity contribution in [2.24, 2.45) is 11.7 Å². The molecule has 0 bridgehead atoms. The zero-order valence-corrected chi connectivity index (χ0v) is 14.7. The molecule has 1 fully saturated rings. The van der Waals surface area contributed by atoms with Crippen LogP contribution in [0.4, 0.5) is 4.79 Å². The summed E-state index contributed by atoms with van der Waals surface area (Å²) in [6.07, 6.45) is 3.88. The molecule has 1 saturated heterocycles.